The van der Waals surface area contributed by atoms with E-state index in [4.69, 9.17) is 0 Å². The zero-order chi connectivity index (χ0) is 16.6. The summed E-state index contributed by atoms with van der Waals surface area (Å²) in [6, 6.07) is 7.22. The van der Waals surface area contributed by atoms with Crippen molar-refractivity contribution >= 4 is 23.2 Å². The molecular weight excluding hydrogens is 298 g/mol. The maximum Gasteiger partial charge on any atom is 0.406 e. The Labute approximate surface area is 132 Å². The normalized spacial score (nSPS) is 17.6. The predicted octanol–water partition coefficient (Wildman–Crippen LogP) is 1.85. The first-order valence-corrected chi connectivity index (χ1v) is 7.27. The van der Waals surface area contributed by atoms with E-state index >= 15 is 0 Å². The highest BCUT2D eigenvalue weighted by Gasteiger charge is 2.35. The quantitative estimate of drug-likeness (QED) is 0.686. The standard InChI is InChI=1S/C15H17N5O3/c1-10-3-5-11(6-4-10)19-8-7-12(15(19)21)17-14-13(20(22)23)16-9-18(14)2/h3-6,9,12,17H,7-8H2,1-2H3/t12-/m1/s1. The monoisotopic (exact) mass is 315 g/mol. The van der Waals surface area contributed by atoms with Crippen molar-refractivity contribution in [2.24, 2.45) is 7.05 Å². The van der Waals surface area contributed by atoms with Gasteiger partial charge in [-0.15, -0.1) is 0 Å². The molecule has 1 atom stereocenters. The zero-order valence-electron chi connectivity index (χ0n) is 12.9. The largest absolute Gasteiger partial charge is 0.406 e. The highest BCUT2D eigenvalue weighted by atomic mass is 16.6. The van der Waals surface area contributed by atoms with Crippen molar-refractivity contribution in [1.29, 1.82) is 0 Å². The van der Waals surface area contributed by atoms with Gasteiger partial charge >= 0.3 is 5.82 Å². The number of benzene rings is 1. The van der Waals surface area contributed by atoms with Gasteiger partial charge in [0.15, 0.2) is 0 Å². The van der Waals surface area contributed by atoms with Crippen molar-refractivity contribution in [1.82, 2.24) is 9.55 Å². The molecule has 0 radical (unpaired) electrons. The molecule has 0 unspecified atom stereocenters. The number of carbonyl (C=O) groups is 1. The summed E-state index contributed by atoms with van der Waals surface area (Å²) in [6.07, 6.45) is 1.94. The summed E-state index contributed by atoms with van der Waals surface area (Å²) in [7, 11) is 1.65. The zero-order valence-corrected chi connectivity index (χ0v) is 12.9. The van der Waals surface area contributed by atoms with Crippen LogP contribution in [0.15, 0.2) is 30.6 Å². The molecular formula is C15H17N5O3. The average molecular weight is 315 g/mol. The van der Waals surface area contributed by atoms with Crippen molar-refractivity contribution in [3.63, 3.8) is 0 Å². The highest BCUT2D eigenvalue weighted by Crippen LogP contribution is 2.27. The molecule has 2 aromatic rings. The summed E-state index contributed by atoms with van der Waals surface area (Å²) in [6.45, 7) is 2.56. The third-order valence-electron chi connectivity index (χ3n) is 3.95. The van der Waals surface area contributed by atoms with Crippen molar-refractivity contribution in [3.8, 4) is 0 Å². The Morgan fingerprint density at radius 2 is 2.04 bits per heavy atom. The number of hydrogen-bond donors (Lipinski definition) is 1. The first-order chi connectivity index (χ1) is 11.0. The van der Waals surface area contributed by atoms with Gasteiger partial charge in [0.1, 0.15) is 6.04 Å². The van der Waals surface area contributed by atoms with E-state index in [1.165, 1.54) is 10.9 Å². The van der Waals surface area contributed by atoms with Gasteiger partial charge in [0.2, 0.25) is 18.1 Å². The molecule has 1 amide bonds. The summed E-state index contributed by atoms with van der Waals surface area (Å²) in [5, 5.41) is 14.0. The van der Waals surface area contributed by atoms with Gasteiger partial charge in [-0.1, -0.05) is 17.7 Å². The molecule has 23 heavy (non-hydrogen) atoms. The minimum atomic E-state index is -0.556. The van der Waals surface area contributed by atoms with Crippen LogP contribution in [0.1, 0.15) is 12.0 Å². The van der Waals surface area contributed by atoms with Crippen LogP contribution in [-0.4, -0.2) is 33.0 Å². The molecule has 0 saturated carbocycles. The molecule has 1 aliphatic rings. The number of anilines is 2. The van der Waals surface area contributed by atoms with Crippen LogP contribution in [0.2, 0.25) is 0 Å². The van der Waals surface area contributed by atoms with Crippen molar-refractivity contribution in [2.75, 3.05) is 16.8 Å². The third-order valence-corrected chi connectivity index (χ3v) is 3.95. The molecule has 0 aliphatic carbocycles. The number of carbonyl (C=O) groups excluding carboxylic acids is 1. The molecule has 0 bridgehead atoms. The number of nitro groups is 1. The van der Waals surface area contributed by atoms with Crippen LogP contribution in [0.4, 0.5) is 17.3 Å². The summed E-state index contributed by atoms with van der Waals surface area (Å²) < 4.78 is 1.51. The van der Waals surface area contributed by atoms with Crippen LogP contribution in [0.3, 0.4) is 0 Å². The van der Waals surface area contributed by atoms with Gasteiger partial charge in [-0.25, -0.2) is 0 Å². The Morgan fingerprint density at radius 1 is 1.35 bits per heavy atom. The molecule has 1 aromatic heterocycles. The number of aryl methyl sites for hydroxylation is 2. The Bertz CT molecular complexity index is 753. The fourth-order valence-corrected chi connectivity index (χ4v) is 2.68. The summed E-state index contributed by atoms with van der Waals surface area (Å²) in [4.78, 5) is 28.5. The van der Waals surface area contributed by atoms with E-state index < -0.39 is 11.0 Å². The lowest BCUT2D eigenvalue weighted by atomic mass is 10.2. The molecule has 1 fully saturated rings. The van der Waals surface area contributed by atoms with E-state index in [-0.39, 0.29) is 17.5 Å². The number of rotatable bonds is 4. The number of nitrogens with one attached hydrogen (secondary N) is 1. The number of aromatic nitrogens is 2. The number of amides is 1. The minimum Gasteiger partial charge on any atom is -0.358 e. The Morgan fingerprint density at radius 3 is 2.70 bits per heavy atom. The summed E-state index contributed by atoms with van der Waals surface area (Å²) in [5.41, 5.74) is 1.96. The van der Waals surface area contributed by atoms with Crippen LogP contribution in [0.5, 0.6) is 0 Å². The van der Waals surface area contributed by atoms with E-state index in [1.54, 1.807) is 11.9 Å². The van der Waals surface area contributed by atoms with E-state index in [1.807, 2.05) is 31.2 Å². The maximum absolute atomic E-state index is 12.6. The second-order valence-electron chi connectivity index (χ2n) is 5.60. The van der Waals surface area contributed by atoms with Crippen LogP contribution in [0, 0.1) is 17.0 Å². The summed E-state index contributed by atoms with van der Waals surface area (Å²) >= 11 is 0. The SMILES string of the molecule is Cc1ccc(N2CC[C@@H](Nc3c([N+](=O)[O-])ncn3C)C2=O)cc1. The lowest BCUT2D eigenvalue weighted by Crippen LogP contribution is -2.34. The van der Waals surface area contributed by atoms with Crippen LogP contribution in [-0.2, 0) is 11.8 Å². The van der Waals surface area contributed by atoms with Gasteiger partial charge in [0, 0.05) is 19.3 Å². The van der Waals surface area contributed by atoms with Crippen molar-refractivity contribution in [2.45, 2.75) is 19.4 Å². The molecule has 120 valence electrons. The molecule has 0 spiro atoms. The lowest BCUT2D eigenvalue weighted by Gasteiger charge is -2.17. The number of imidazole rings is 1. The fourth-order valence-electron chi connectivity index (χ4n) is 2.68. The van der Waals surface area contributed by atoms with Crippen molar-refractivity contribution in [3.05, 3.63) is 46.3 Å². The van der Waals surface area contributed by atoms with Gasteiger partial charge in [0.05, 0.1) is 0 Å². The second kappa shape index (κ2) is 5.71. The summed E-state index contributed by atoms with van der Waals surface area (Å²) in [5.74, 6) is -0.113. The molecule has 3 rings (SSSR count). The average Bonchev–Trinajstić information content (AvgIpc) is 3.05. The molecule has 8 heteroatoms. The number of nitrogens with zero attached hydrogens (tertiary/aromatic N) is 4. The third kappa shape index (κ3) is 2.75. The van der Waals surface area contributed by atoms with Gasteiger partial charge in [0.25, 0.3) is 0 Å². The van der Waals surface area contributed by atoms with E-state index in [0.29, 0.717) is 13.0 Å². The van der Waals surface area contributed by atoms with Crippen molar-refractivity contribution < 1.29 is 9.72 Å². The Hall–Kier alpha value is -2.90. The molecule has 8 nitrogen and oxygen atoms in total. The first-order valence-electron chi connectivity index (χ1n) is 7.27. The number of hydrogen-bond acceptors (Lipinski definition) is 5. The highest BCUT2D eigenvalue weighted by molar-refractivity contribution is 6.01. The molecule has 1 N–H and O–H groups in total. The van der Waals surface area contributed by atoms with Crippen LogP contribution in [0.25, 0.3) is 0 Å². The Balaban J connectivity index is 1.79. The molecule has 1 aliphatic heterocycles. The lowest BCUT2D eigenvalue weighted by molar-refractivity contribution is -0.388. The van der Waals surface area contributed by atoms with Crippen LogP contribution < -0.4 is 10.2 Å². The predicted molar refractivity (Wildman–Crippen MR) is 85.4 cm³/mol. The van der Waals surface area contributed by atoms with Gasteiger partial charge in [-0.3, -0.25) is 9.36 Å². The first kappa shape index (κ1) is 15.0. The van der Waals surface area contributed by atoms with Gasteiger partial charge in [-0.2, -0.15) is 0 Å². The van der Waals surface area contributed by atoms with Gasteiger partial charge in [-0.05, 0) is 35.4 Å². The van der Waals surface area contributed by atoms with E-state index in [2.05, 4.69) is 10.3 Å². The maximum atomic E-state index is 12.6. The fraction of sp³-hybridized carbons (Fsp3) is 0.333. The Kier molecular flexibility index (Phi) is 3.73. The molecule has 1 aromatic carbocycles. The van der Waals surface area contributed by atoms with Gasteiger partial charge < -0.3 is 20.3 Å². The van der Waals surface area contributed by atoms with E-state index in [9.17, 15) is 14.9 Å². The minimum absolute atomic E-state index is 0.0932. The second-order valence-corrected chi connectivity index (χ2v) is 5.60. The molecule has 2 heterocycles. The smallest absolute Gasteiger partial charge is 0.358 e. The topological polar surface area (TPSA) is 93.3 Å². The van der Waals surface area contributed by atoms with E-state index in [0.717, 1.165) is 11.3 Å². The van der Waals surface area contributed by atoms with Crippen LogP contribution >= 0.6 is 0 Å². The molecule has 1 saturated heterocycles.